The Morgan fingerprint density at radius 3 is 2.76 bits per heavy atom. The van der Waals surface area contributed by atoms with Crippen LogP contribution in [0.25, 0.3) is 0 Å². The van der Waals surface area contributed by atoms with Crippen molar-refractivity contribution in [2.75, 3.05) is 18.0 Å². The number of carboxylic acids is 1. The van der Waals surface area contributed by atoms with E-state index in [0.29, 0.717) is 18.9 Å². The molecule has 0 atom stereocenters. The van der Waals surface area contributed by atoms with Gasteiger partial charge in [0.1, 0.15) is 6.20 Å². The molecule has 0 aromatic carbocycles. The van der Waals surface area contributed by atoms with Gasteiger partial charge in [-0.2, -0.15) is 0 Å². The molecule has 1 fully saturated rings. The third kappa shape index (κ3) is 2.17. The molecule has 11 heteroatoms. The summed E-state index contributed by atoms with van der Waals surface area (Å²) in [5.41, 5.74) is -0.182. The lowest BCUT2D eigenvalue weighted by atomic mass is 10.1. The van der Waals surface area contributed by atoms with Gasteiger partial charge in [-0.15, -0.1) is 10.2 Å². The van der Waals surface area contributed by atoms with Crippen LogP contribution in [0.3, 0.4) is 0 Å². The first-order valence-corrected chi connectivity index (χ1v) is 6.04. The third-order valence-corrected chi connectivity index (χ3v) is 3.25. The molecule has 1 aliphatic rings. The molecule has 1 N–H and O–H groups in total. The molecule has 1 aliphatic heterocycles. The molecule has 0 aliphatic carbocycles. The Bertz CT molecular complexity index is 715. The van der Waals surface area contributed by atoms with Crippen LogP contribution in [-0.4, -0.2) is 53.9 Å². The quantitative estimate of drug-likeness (QED) is 0.599. The number of rotatable bonds is 4. The number of aromatic nitrogens is 5. The Labute approximate surface area is 117 Å². The molecule has 1 saturated heterocycles. The van der Waals surface area contributed by atoms with Crippen molar-refractivity contribution in [3.05, 3.63) is 28.2 Å². The molecule has 0 spiro atoms. The van der Waals surface area contributed by atoms with Crippen molar-refractivity contribution in [3.8, 4) is 0 Å². The number of hydrogen-bond acceptors (Lipinski definition) is 7. The van der Waals surface area contributed by atoms with Crippen LogP contribution >= 0.6 is 0 Å². The number of nitro groups is 1. The molecule has 3 rings (SSSR count). The van der Waals surface area contributed by atoms with Crippen molar-refractivity contribution in [2.24, 2.45) is 7.05 Å². The lowest BCUT2D eigenvalue weighted by Crippen LogP contribution is -2.48. The van der Waals surface area contributed by atoms with Crippen LogP contribution in [-0.2, 0) is 7.05 Å². The Hall–Kier alpha value is -2.98. The maximum Gasteiger partial charge on any atom is 0.358 e. The second-order valence-electron chi connectivity index (χ2n) is 4.72. The summed E-state index contributed by atoms with van der Waals surface area (Å²) in [6.45, 7) is 0.917. The zero-order valence-electron chi connectivity index (χ0n) is 10.9. The van der Waals surface area contributed by atoms with Crippen LogP contribution in [0.15, 0.2) is 12.4 Å². The molecule has 0 amide bonds. The Kier molecular flexibility index (Phi) is 2.82. The van der Waals surface area contributed by atoms with E-state index in [-0.39, 0.29) is 17.4 Å². The summed E-state index contributed by atoms with van der Waals surface area (Å²) >= 11 is 0. The summed E-state index contributed by atoms with van der Waals surface area (Å²) < 4.78 is 2.84. The largest absolute Gasteiger partial charge is 0.476 e. The number of carbonyl (C=O) groups is 1. The monoisotopic (exact) mass is 293 g/mol. The molecule has 11 nitrogen and oxygen atoms in total. The lowest BCUT2D eigenvalue weighted by Gasteiger charge is -2.38. The molecule has 0 saturated carbocycles. The van der Waals surface area contributed by atoms with Crippen LogP contribution in [0.4, 0.5) is 11.5 Å². The van der Waals surface area contributed by atoms with Crippen LogP contribution < -0.4 is 4.90 Å². The summed E-state index contributed by atoms with van der Waals surface area (Å²) in [5, 5.41) is 31.1. The van der Waals surface area contributed by atoms with E-state index < -0.39 is 10.9 Å². The van der Waals surface area contributed by atoms with Crippen molar-refractivity contribution < 1.29 is 14.8 Å². The predicted octanol–water partition coefficient (Wildman–Crippen LogP) is -0.321. The van der Waals surface area contributed by atoms with Gasteiger partial charge in [-0.3, -0.25) is 14.8 Å². The summed E-state index contributed by atoms with van der Waals surface area (Å²) in [5.74, 6) is -0.838. The van der Waals surface area contributed by atoms with Gasteiger partial charge in [0.05, 0.1) is 17.2 Å². The lowest BCUT2D eigenvalue weighted by molar-refractivity contribution is -0.384. The Morgan fingerprint density at radius 1 is 1.48 bits per heavy atom. The van der Waals surface area contributed by atoms with E-state index in [2.05, 4.69) is 15.4 Å². The average molecular weight is 293 g/mol. The van der Waals surface area contributed by atoms with E-state index in [1.165, 1.54) is 21.8 Å². The highest BCUT2D eigenvalue weighted by Gasteiger charge is 2.35. The SMILES string of the molecule is Cn1cc([N+](=O)[O-])c(N2CC(n3cc(C(=O)O)nn3)C2)n1. The van der Waals surface area contributed by atoms with Gasteiger partial charge in [-0.1, -0.05) is 5.21 Å². The van der Waals surface area contributed by atoms with Gasteiger partial charge in [0.2, 0.25) is 5.82 Å². The van der Waals surface area contributed by atoms with Gasteiger partial charge in [0.25, 0.3) is 0 Å². The average Bonchev–Trinajstić information content (AvgIpc) is 2.94. The van der Waals surface area contributed by atoms with Gasteiger partial charge in [0, 0.05) is 20.1 Å². The van der Waals surface area contributed by atoms with Crippen molar-refractivity contribution in [1.29, 1.82) is 0 Å². The first kappa shape index (κ1) is 13.0. The molecule has 0 unspecified atom stereocenters. The van der Waals surface area contributed by atoms with E-state index in [9.17, 15) is 14.9 Å². The van der Waals surface area contributed by atoms with Gasteiger partial charge in [-0.25, -0.2) is 9.48 Å². The molecule has 3 heterocycles. The standard InChI is InChI=1S/C10H11N7O4/c1-14-5-8(17(20)21)9(12-14)15-2-6(3-15)16-4-7(10(18)19)11-13-16/h4-6H,2-3H2,1H3,(H,18,19). The summed E-state index contributed by atoms with van der Waals surface area (Å²) in [7, 11) is 1.62. The smallest absolute Gasteiger partial charge is 0.358 e. The number of aryl methyl sites for hydroxylation is 1. The molecular formula is C10H11N7O4. The van der Waals surface area contributed by atoms with Gasteiger partial charge in [-0.05, 0) is 0 Å². The molecule has 0 radical (unpaired) electrons. The maximum atomic E-state index is 10.9. The van der Waals surface area contributed by atoms with Crippen molar-refractivity contribution in [3.63, 3.8) is 0 Å². The van der Waals surface area contributed by atoms with E-state index in [4.69, 9.17) is 5.11 Å². The van der Waals surface area contributed by atoms with Crippen molar-refractivity contribution >= 4 is 17.5 Å². The van der Waals surface area contributed by atoms with Crippen LogP contribution in [0.2, 0.25) is 0 Å². The molecule has 0 bridgehead atoms. The highest BCUT2D eigenvalue weighted by Crippen LogP contribution is 2.32. The highest BCUT2D eigenvalue weighted by atomic mass is 16.6. The normalized spacial score (nSPS) is 15.0. The van der Waals surface area contributed by atoms with E-state index >= 15 is 0 Å². The fourth-order valence-electron chi connectivity index (χ4n) is 2.17. The van der Waals surface area contributed by atoms with Gasteiger partial charge in [0.15, 0.2) is 5.69 Å². The minimum absolute atomic E-state index is 0.0548. The molecule has 110 valence electrons. The number of carboxylic acid groups (broad SMARTS) is 1. The third-order valence-electron chi connectivity index (χ3n) is 3.25. The van der Waals surface area contributed by atoms with E-state index in [1.807, 2.05) is 0 Å². The number of nitrogens with zero attached hydrogens (tertiary/aromatic N) is 7. The molecule has 2 aromatic heterocycles. The number of aromatic carboxylic acids is 1. The van der Waals surface area contributed by atoms with Gasteiger partial charge < -0.3 is 10.0 Å². The summed E-state index contributed by atoms with van der Waals surface area (Å²) in [6, 6.07) is -0.0767. The minimum Gasteiger partial charge on any atom is -0.476 e. The zero-order chi connectivity index (χ0) is 15.1. The predicted molar refractivity (Wildman–Crippen MR) is 68.1 cm³/mol. The Morgan fingerprint density at radius 2 is 2.19 bits per heavy atom. The Balaban J connectivity index is 1.73. The molecule has 2 aromatic rings. The fourth-order valence-corrected chi connectivity index (χ4v) is 2.17. The van der Waals surface area contributed by atoms with E-state index in [1.54, 1.807) is 11.9 Å². The highest BCUT2D eigenvalue weighted by molar-refractivity contribution is 5.84. The van der Waals surface area contributed by atoms with Gasteiger partial charge >= 0.3 is 11.7 Å². The minimum atomic E-state index is -1.14. The topological polar surface area (TPSA) is 132 Å². The second kappa shape index (κ2) is 4.54. The molecule has 21 heavy (non-hydrogen) atoms. The summed E-state index contributed by atoms with van der Waals surface area (Å²) in [6.07, 6.45) is 2.69. The number of hydrogen-bond donors (Lipinski definition) is 1. The second-order valence-corrected chi connectivity index (χ2v) is 4.72. The van der Waals surface area contributed by atoms with Crippen LogP contribution in [0, 0.1) is 10.1 Å². The van der Waals surface area contributed by atoms with Crippen molar-refractivity contribution in [1.82, 2.24) is 24.8 Å². The molecular weight excluding hydrogens is 282 g/mol. The zero-order valence-corrected chi connectivity index (χ0v) is 10.9. The summed E-state index contributed by atoms with van der Waals surface area (Å²) in [4.78, 5) is 22.9. The fraction of sp³-hybridized carbons (Fsp3) is 0.400. The maximum absolute atomic E-state index is 10.9. The van der Waals surface area contributed by atoms with Crippen molar-refractivity contribution in [2.45, 2.75) is 6.04 Å². The first-order valence-electron chi connectivity index (χ1n) is 6.04. The van der Waals surface area contributed by atoms with Crippen LogP contribution in [0.5, 0.6) is 0 Å². The van der Waals surface area contributed by atoms with Crippen LogP contribution in [0.1, 0.15) is 16.5 Å². The first-order chi connectivity index (χ1) is 9.95. The number of anilines is 1. The van der Waals surface area contributed by atoms with E-state index in [0.717, 1.165) is 0 Å².